The molecule has 16 heavy (non-hydrogen) atoms. The molecule has 1 fully saturated rings. The minimum atomic E-state index is 1.14. The molecule has 0 aromatic heterocycles. The van der Waals surface area contributed by atoms with Crippen molar-refractivity contribution in [1.82, 2.24) is 20.0 Å². The summed E-state index contributed by atoms with van der Waals surface area (Å²) >= 11 is 0. The first-order valence-corrected chi connectivity index (χ1v) is 6.52. The van der Waals surface area contributed by atoms with Crippen molar-refractivity contribution >= 4 is 0 Å². The van der Waals surface area contributed by atoms with E-state index in [4.69, 9.17) is 0 Å². The Hall–Kier alpha value is -0.160. The van der Waals surface area contributed by atoms with Gasteiger partial charge in [-0.25, -0.2) is 0 Å². The van der Waals surface area contributed by atoms with Crippen LogP contribution in [0.3, 0.4) is 0 Å². The largest absolute Gasteiger partial charge is 0.314 e. The maximum Gasteiger partial charge on any atom is 0.0110 e. The molecular formula is C12H28N4. The molecule has 1 saturated heterocycles. The molecule has 0 aromatic rings. The number of nitrogens with zero attached hydrogens (tertiary/aromatic N) is 3. The number of likely N-dealkylation sites (N-methyl/N-ethyl adjacent to an activating group) is 2. The van der Waals surface area contributed by atoms with Crippen molar-refractivity contribution in [3.63, 3.8) is 0 Å². The van der Waals surface area contributed by atoms with Crippen LogP contribution in [0.5, 0.6) is 0 Å². The van der Waals surface area contributed by atoms with Gasteiger partial charge in [-0.1, -0.05) is 6.92 Å². The van der Waals surface area contributed by atoms with Crippen LogP contribution < -0.4 is 5.32 Å². The minimum absolute atomic E-state index is 1.14. The summed E-state index contributed by atoms with van der Waals surface area (Å²) in [6.07, 6.45) is 0. The van der Waals surface area contributed by atoms with Crippen molar-refractivity contribution in [3.05, 3.63) is 0 Å². The molecule has 1 aliphatic heterocycles. The molecule has 1 rings (SSSR count). The van der Waals surface area contributed by atoms with E-state index in [-0.39, 0.29) is 0 Å². The summed E-state index contributed by atoms with van der Waals surface area (Å²) < 4.78 is 0. The summed E-state index contributed by atoms with van der Waals surface area (Å²) in [6, 6.07) is 0. The molecule has 1 heterocycles. The molecule has 0 atom stereocenters. The lowest BCUT2D eigenvalue weighted by Crippen LogP contribution is -2.46. The normalized spacial score (nSPS) is 18.6. The number of rotatable bonds is 7. The van der Waals surface area contributed by atoms with Gasteiger partial charge in [-0.2, -0.15) is 0 Å². The molecule has 1 N–H and O–H groups in total. The van der Waals surface area contributed by atoms with Crippen molar-refractivity contribution in [1.29, 1.82) is 0 Å². The molecule has 0 unspecified atom stereocenters. The minimum Gasteiger partial charge on any atom is -0.314 e. The molecule has 96 valence electrons. The van der Waals surface area contributed by atoms with E-state index >= 15 is 0 Å². The molecule has 0 saturated carbocycles. The summed E-state index contributed by atoms with van der Waals surface area (Å²) in [5, 5.41) is 3.39. The van der Waals surface area contributed by atoms with Crippen molar-refractivity contribution < 1.29 is 0 Å². The van der Waals surface area contributed by atoms with Crippen LogP contribution >= 0.6 is 0 Å². The molecule has 0 amide bonds. The fraction of sp³-hybridized carbons (Fsp3) is 1.00. The number of hydrogen-bond donors (Lipinski definition) is 1. The van der Waals surface area contributed by atoms with Crippen molar-refractivity contribution in [2.24, 2.45) is 0 Å². The zero-order chi connectivity index (χ0) is 11.8. The van der Waals surface area contributed by atoms with Crippen LogP contribution in [0, 0.1) is 0 Å². The monoisotopic (exact) mass is 228 g/mol. The van der Waals surface area contributed by atoms with E-state index < -0.39 is 0 Å². The zero-order valence-corrected chi connectivity index (χ0v) is 11.2. The molecule has 0 radical (unpaired) electrons. The van der Waals surface area contributed by atoms with Crippen LogP contribution in [-0.4, -0.2) is 87.7 Å². The molecule has 0 spiro atoms. The lowest BCUT2D eigenvalue weighted by Gasteiger charge is -2.29. The Morgan fingerprint density at radius 3 is 2.25 bits per heavy atom. The van der Waals surface area contributed by atoms with Gasteiger partial charge in [0, 0.05) is 52.4 Å². The number of piperazine rings is 1. The first-order valence-electron chi connectivity index (χ1n) is 6.52. The molecule has 0 aliphatic carbocycles. The second-order valence-corrected chi connectivity index (χ2v) is 4.79. The lowest BCUT2D eigenvalue weighted by atomic mass is 10.3. The third kappa shape index (κ3) is 5.80. The van der Waals surface area contributed by atoms with Gasteiger partial charge in [-0.05, 0) is 20.6 Å². The van der Waals surface area contributed by atoms with E-state index in [1.807, 2.05) is 0 Å². The van der Waals surface area contributed by atoms with Gasteiger partial charge in [-0.3, -0.25) is 4.90 Å². The third-order valence-electron chi connectivity index (χ3n) is 3.41. The van der Waals surface area contributed by atoms with Gasteiger partial charge in [-0.15, -0.1) is 0 Å². The first kappa shape index (κ1) is 13.9. The molecule has 0 bridgehead atoms. The standard InChI is InChI=1S/C12H28N4/c1-4-14(2)9-10-15(3)11-12-16-7-5-13-6-8-16/h13H,4-12H2,1-3H3. The predicted octanol–water partition coefficient (Wildman–Crippen LogP) is -0.225. The average Bonchev–Trinajstić information content (AvgIpc) is 2.34. The smallest absolute Gasteiger partial charge is 0.0110 e. The van der Waals surface area contributed by atoms with Crippen LogP contribution in [0.25, 0.3) is 0 Å². The zero-order valence-electron chi connectivity index (χ0n) is 11.2. The van der Waals surface area contributed by atoms with Gasteiger partial charge < -0.3 is 15.1 Å². The van der Waals surface area contributed by atoms with Crippen LogP contribution in [0.15, 0.2) is 0 Å². The fourth-order valence-corrected chi connectivity index (χ4v) is 1.86. The number of hydrogen-bond acceptors (Lipinski definition) is 4. The summed E-state index contributed by atoms with van der Waals surface area (Å²) in [5.41, 5.74) is 0. The fourth-order valence-electron chi connectivity index (χ4n) is 1.86. The quantitative estimate of drug-likeness (QED) is 0.650. The van der Waals surface area contributed by atoms with E-state index in [9.17, 15) is 0 Å². The van der Waals surface area contributed by atoms with Crippen LogP contribution in [0.1, 0.15) is 6.92 Å². The first-order chi connectivity index (χ1) is 7.72. The lowest BCUT2D eigenvalue weighted by molar-refractivity contribution is 0.195. The molecular weight excluding hydrogens is 200 g/mol. The molecule has 4 nitrogen and oxygen atoms in total. The number of nitrogens with one attached hydrogen (secondary N) is 1. The van der Waals surface area contributed by atoms with Gasteiger partial charge in [0.15, 0.2) is 0 Å². The highest BCUT2D eigenvalue weighted by Gasteiger charge is 2.09. The topological polar surface area (TPSA) is 21.8 Å². The molecule has 0 aromatic carbocycles. The Kier molecular flexibility index (Phi) is 6.96. The van der Waals surface area contributed by atoms with Gasteiger partial charge >= 0.3 is 0 Å². The second kappa shape index (κ2) is 8.01. The van der Waals surface area contributed by atoms with Gasteiger partial charge in [0.1, 0.15) is 0 Å². The van der Waals surface area contributed by atoms with E-state index in [1.54, 1.807) is 0 Å². The second-order valence-electron chi connectivity index (χ2n) is 4.79. The van der Waals surface area contributed by atoms with Crippen LogP contribution in [0.2, 0.25) is 0 Å². The van der Waals surface area contributed by atoms with E-state index in [0.717, 1.165) is 19.6 Å². The Morgan fingerprint density at radius 1 is 1.00 bits per heavy atom. The summed E-state index contributed by atoms with van der Waals surface area (Å²) in [7, 11) is 4.41. The van der Waals surface area contributed by atoms with Gasteiger partial charge in [0.2, 0.25) is 0 Å². The average molecular weight is 228 g/mol. The summed E-state index contributed by atoms with van der Waals surface area (Å²) in [6.45, 7) is 12.8. The predicted molar refractivity (Wildman–Crippen MR) is 70.0 cm³/mol. The SMILES string of the molecule is CCN(C)CCN(C)CCN1CCNCC1. The Morgan fingerprint density at radius 2 is 1.62 bits per heavy atom. The van der Waals surface area contributed by atoms with Crippen molar-refractivity contribution in [2.45, 2.75) is 6.92 Å². The highest BCUT2D eigenvalue weighted by Crippen LogP contribution is 1.93. The van der Waals surface area contributed by atoms with Crippen molar-refractivity contribution in [3.8, 4) is 0 Å². The Bertz CT molecular complexity index is 168. The summed E-state index contributed by atoms with van der Waals surface area (Å²) in [5.74, 6) is 0. The maximum atomic E-state index is 3.39. The molecule has 1 aliphatic rings. The van der Waals surface area contributed by atoms with Gasteiger partial charge in [0.25, 0.3) is 0 Å². The van der Waals surface area contributed by atoms with Crippen molar-refractivity contribution in [2.75, 3.05) is 73.0 Å². The highest BCUT2D eigenvalue weighted by atomic mass is 15.2. The van der Waals surface area contributed by atoms with Crippen LogP contribution in [0.4, 0.5) is 0 Å². The summed E-state index contributed by atoms with van der Waals surface area (Å²) in [4.78, 5) is 7.35. The Labute approximate surface area is 101 Å². The maximum absolute atomic E-state index is 3.39. The van der Waals surface area contributed by atoms with E-state index in [0.29, 0.717) is 0 Å². The van der Waals surface area contributed by atoms with E-state index in [1.165, 1.54) is 39.3 Å². The third-order valence-corrected chi connectivity index (χ3v) is 3.41. The van der Waals surface area contributed by atoms with Crippen LogP contribution in [-0.2, 0) is 0 Å². The highest BCUT2D eigenvalue weighted by molar-refractivity contribution is 4.68. The Balaban J connectivity index is 2.02. The van der Waals surface area contributed by atoms with Gasteiger partial charge in [0.05, 0.1) is 0 Å². The molecule has 4 heteroatoms. The van der Waals surface area contributed by atoms with E-state index in [2.05, 4.69) is 41.0 Å².